The second-order valence-electron chi connectivity index (χ2n) is 7.14. The number of fused-ring (bicyclic) bond motifs is 1. The highest BCUT2D eigenvalue weighted by Crippen LogP contribution is 2.17. The molecule has 0 radical (unpaired) electrons. The van der Waals surface area contributed by atoms with Gasteiger partial charge in [0.05, 0.1) is 23.7 Å². The van der Waals surface area contributed by atoms with Crippen LogP contribution in [0.1, 0.15) is 30.0 Å². The molecule has 3 rings (SSSR count). The van der Waals surface area contributed by atoms with Crippen molar-refractivity contribution in [1.82, 2.24) is 20.6 Å². The topological polar surface area (TPSA) is 96.1 Å². The van der Waals surface area contributed by atoms with Crippen LogP contribution in [0.15, 0.2) is 48.5 Å². The zero-order valence-electron chi connectivity index (χ0n) is 16.9. The number of nitrogens with zero attached hydrogens (tertiary/aromatic N) is 1. The molecule has 0 bridgehead atoms. The maximum atomic E-state index is 12.7. The summed E-state index contributed by atoms with van der Waals surface area (Å²) in [5.74, 6) is 0.649. The molecule has 0 spiro atoms. The van der Waals surface area contributed by atoms with Crippen molar-refractivity contribution in [3.8, 4) is 5.75 Å². The summed E-state index contributed by atoms with van der Waals surface area (Å²) in [7, 11) is 1.51. The van der Waals surface area contributed by atoms with Gasteiger partial charge < -0.3 is 20.4 Å². The summed E-state index contributed by atoms with van der Waals surface area (Å²) in [6.07, 6.45) is 0.575. The molecule has 1 atom stereocenters. The Morgan fingerprint density at radius 3 is 2.55 bits per heavy atom. The Balaban J connectivity index is 1.59. The molecule has 29 heavy (non-hydrogen) atoms. The van der Waals surface area contributed by atoms with Crippen molar-refractivity contribution in [3.05, 3.63) is 59.9 Å². The quantitative estimate of drug-likeness (QED) is 0.547. The summed E-state index contributed by atoms with van der Waals surface area (Å²) in [5, 5.41) is 5.72. The molecule has 1 heterocycles. The summed E-state index contributed by atoms with van der Waals surface area (Å²) in [6.45, 7) is 4.21. The average Bonchev–Trinajstić information content (AvgIpc) is 3.14. The van der Waals surface area contributed by atoms with E-state index in [1.54, 1.807) is 24.3 Å². The third-order valence-electron chi connectivity index (χ3n) is 4.69. The molecular formula is C22H26N4O3. The molecule has 0 aliphatic rings. The largest absolute Gasteiger partial charge is 0.496 e. The zero-order chi connectivity index (χ0) is 20.8. The second-order valence-corrected chi connectivity index (χ2v) is 7.14. The van der Waals surface area contributed by atoms with Crippen molar-refractivity contribution in [2.45, 2.75) is 26.3 Å². The molecule has 1 unspecified atom stereocenters. The predicted molar refractivity (Wildman–Crippen MR) is 112 cm³/mol. The standard InChI is InChI=1S/C22H26N4O3/c1-14(2)20(26-21(27)15-8-4-7-11-18(15)29-3)22(28)23-13-12-19-24-16-9-5-6-10-17(16)25-19/h4-11,14,20H,12-13H2,1-3H3,(H,23,28)(H,24,25)(H,26,27). The number of amides is 2. The molecule has 0 saturated carbocycles. The van der Waals surface area contributed by atoms with E-state index in [1.807, 2.05) is 38.1 Å². The van der Waals surface area contributed by atoms with Gasteiger partial charge in [-0.2, -0.15) is 0 Å². The van der Waals surface area contributed by atoms with E-state index in [0.29, 0.717) is 24.3 Å². The van der Waals surface area contributed by atoms with Crippen LogP contribution >= 0.6 is 0 Å². The summed E-state index contributed by atoms with van der Waals surface area (Å²) in [5.41, 5.74) is 2.27. The van der Waals surface area contributed by atoms with E-state index in [-0.39, 0.29) is 17.7 Å². The first kappa shape index (κ1) is 20.4. The van der Waals surface area contributed by atoms with Gasteiger partial charge in [0.15, 0.2) is 0 Å². The average molecular weight is 394 g/mol. The Morgan fingerprint density at radius 2 is 1.83 bits per heavy atom. The van der Waals surface area contributed by atoms with Gasteiger partial charge in [0, 0.05) is 13.0 Å². The molecule has 7 nitrogen and oxygen atoms in total. The number of H-pyrrole nitrogens is 1. The van der Waals surface area contributed by atoms with Crippen molar-refractivity contribution in [2.75, 3.05) is 13.7 Å². The fourth-order valence-corrected chi connectivity index (χ4v) is 3.12. The summed E-state index contributed by atoms with van der Waals surface area (Å²) in [4.78, 5) is 33.1. The highest BCUT2D eigenvalue weighted by molar-refractivity contribution is 5.99. The Hall–Kier alpha value is -3.35. The lowest BCUT2D eigenvalue weighted by Crippen LogP contribution is -2.50. The number of hydrogen-bond donors (Lipinski definition) is 3. The van der Waals surface area contributed by atoms with E-state index in [9.17, 15) is 9.59 Å². The highest BCUT2D eigenvalue weighted by Gasteiger charge is 2.25. The molecule has 0 aliphatic heterocycles. The number of imidazole rings is 1. The molecule has 3 aromatic rings. The van der Waals surface area contributed by atoms with Crippen molar-refractivity contribution >= 4 is 22.8 Å². The van der Waals surface area contributed by atoms with Gasteiger partial charge >= 0.3 is 0 Å². The van der Waals surface area contributed by atoms with E-state index in [1.165, 1.54) is 7.11 Å². The van der Waals surface area contributed by atoms with Gasteiger partial charge in [-0.05, 0) is 30.2 Å². The summed E-state index contributed by atoms with van der Waals surface area (Å²) >= 11 is 0. The molecule has 0 saturated heterocycles. The molecule has 0 fully saturated rings. The monoisotopic (exact) mass is 394 g/mol. The maximum Gasteiger partial charge on any atom is 0.255 e. The molecule has 0 aliphatic carbocycles. The Labute approximate surface area is 169 Å². The number of carbonyl (C=O) groups is 2. The van der Waals surface area contributed by atoms with Crippen molar-refractivity contribution in [2.24, 2.45) is 5.92 Å². The van der Waals surface area contributed by atoms with Crippen LogP contribution in [0.25, 0.3) is 11.0 Å². The minimum Gasteiger partial charge on any atom is -0.496 e. The molecular weight excluding hydrogens is 368 g/mol. The first-order valence-electron chi connectivity index (χ1n) is 9.65. The minimum atomic E-state index is -0.650. The molecule has 2 amide bonds. The van der Waals surface area contributed by atoms with Crippen LogP contribution in [0.4, 0.5) is 0 Å². The van der Waals surface area contributed by atoms with Crippen molar-refractivity contribution < 1.29 is 14.3 Å². The number of aromatic amines is 1. The zero-order valence-corrected chi connectivity index (χ0v) is 16.9. The van der Waals surface area contributed by atoms with Crippen LogP contribution in [0.3, 0.4) is 0 Å². The van der Waals surface area contributed by atoms with Gasteiger partial charge in [0.1, 0.15) is 17.6 Å². The SMILES string of the molecule is COc1ccccc1C(=O)NC(C(=O)NCCc1nc2ccccc2[nH]1)C(C)C. The molecule has 3 N–H and O–H groups in total. The van der Waals surface area contributed by atoms with Gasteiger partial charge in [-0.25, -0.2) is 4.98 Å². The van der Waals surface area contributed by atoms with E-state index in [2.05, 4.69) is 20.6 Å². The number of benzene rings is 2. The number of aromatic nitrogens is 2. The lowest BCUT2D eigenvalue weighted by molar-refractivity contribution is -0.123. The maximum absolute atomic E-state index is 12.7. The van der Waals surface area contributed by atoms with Gasteiger partial charge in [-0.1, -0.05) is 38.1 Å². The smallest absolute Gasteiger partial charge is 0.255 e. The fourth-order valence-electron chi connectivity index (χ4n) is 3.12. The normalized spacial score (nSPS) is 12.0. The summed E-state index contributed by atoms with van der Waals surface area (Å²) < 4.78 is 5.24. The first-order chi connectivity index (χ1) is 14.0. The Kier molecular flexibility index (Phi) is 6.49. The van der Waals surface area contributed by atoms with E-state index in [4.69, 9.17) is 4.74 Å². The summed E-state index contributed by atoms with van der Waals surface area (Å²) in [6, 6.07) is 14.1. The highest BCUT2D eigenvalue weighted by atomic mass is 16.5. The van der Waals surface area contributed by atoms with Crippen molar-refractivity contribution in [1.29, 1.82) is 0 Å². The third kappa shape index (κ3) is 4.93. The van der Waals surface area contributed by atoms with Crippen LogP contribution in [0.2, 0.25) is 0 Å². The molecule has 1 aromatic heterocycles. The number of methoxy groups -OCH3 is 1. The van der Waals surface area contributed by atoms with Crippen LogP contribution in [-0.4, -0.2) is 41.5 Å². The number of rotatable bonds is 8. The minimum absolute atomic E-state index is 0.0696. The van der Waals surface area contributed by atoms with Crippen LogP contribution in [0, 0.1) is 5.92 Å². The molecule has 7 heteroatoms. The van der Waals surface area contributed by atoms with Crippen LogP contribution < -0.4 is 15.4 Å². The van der Waals surface area contributed by atoms with Crippen LogP contribution in [-0.2, 0) is 11.2 Å². The molecule has 2 aromatic carbocycles. The first-order valence-corrected chi connectivity index (χ1v) is 9.65. The van der Waals surface area contributed by atoms with Gasteiger partial charge in [-0.15, -0.1) is 0 Å². The number of nitrogens with one attached hydrogen (secondary N) is 3. The second kappa shape index (κ2) is 9.23. The third-order valence-corrected chi connectivity index (χ3v) is 4.69. The van der Waals surface area contributed by atoms with Crippen molar-refractivity contribution in [3.63, 3.8) is 0 Å². The van der Waals surface area contributed by atoms with Crippen LogP contribution in [0.5, 0.6) is 5.75 Å². The number of hydrogen-bond acceptors (Lipinski definition) is 4. The number of carbonyl (C=O) groups excluding carboxylic acids is 2. The fraction of sp³-hybridized carbons (Fsp3) is 0.318. The number of para-hydroxylation sites is 3. The molecule has 152 valence electrons. The predicted octanol–water partition coefficient (Wildman–Crippen LogP) is 2.68. The van der Waals surface area contributed by atoms with Gasteiger partial charge in [0.25, 0.3) is 5.91 Å². The number of ether oxygens (including phenoxy) is 1. The lowest BCUT2D eigenvalue weighted by atomic mass is 10.0. The van der Waals surface area contributed by atoms with Gasteiger partial charge in [-0.3, -0.25) is 9.59 Å². The van der Waals surface area contributed by atoms with Gasteiger partial charge in [0.2, 0.25) is 5.91 Å². The van der Waals surface area contributed by atoms with E-state index in [0.717, 1.165) is 16.9 Å². The van der Waals surface area contributed by atoms with E-state index < -0.39 is 6.04 Å². The lowest BCUT2D eigenvalue weighted by Gasteiger charge is -2.22. The Bertz CT molecular complexity index is 963. The van der Waals surface area contributed by atoms with E-state index >= 15 is 0 Å². The Morgan fingerprint density at radius 1 is 1.10 bits per heavy atom.